The SMILES string of the molecule is CCCCCCCC=CC(=O)CCCCCCCC(=O)OC(C)(C)C. The molecule has 0 unspecified atom stereocenters. The summed E-state index contributed by atoms with van der Waals surface area (Å²) in [7, 11) is 0. The molecule has 0 amide bonds. The predicted octanol–water partition coefficient (Wildman–Crippen LogP) is 6.54. The van der Waals surface area contributed by atoms with Crippen molar-refractivity contribution >= 4 is 11.8 Å². The molecule has 0 spiro atoms. The Bertz CT molecular complexity index is 377. The van der Waals surface area contributed by atoms with Crippen molar-refractivity contribution in [3.8, 4) is 0 Å². The highest BCUT2D eigenvalue weighted by Gasteiger charge is 2.15. The Morgan fingerprint density at radius 2 is 1.36 bits per heavy atom. The third-order valence-electron chi connectivity index (χ3n) is 4.00. The van der Waals surface area contributed by atoms with E-state index in [1.165, 1.54) is 32.1 Å². The van der Waals surface area contributed by atoms with Crippen LogP contribution in [0.25, 0.3) is 0 Å². The van der Waals surface area contributed by atoms with Gasteiger partial charge in [-0.15, -0.1) is 0 Å². The van der Waals surface area contributed by atoms with Crippen molar-refractivity contribution in [2.45, 2.75) is 117 Å². The summed E-state index contributed by atoms with van der Waals surface area (Å²) in [6.45, 7) is 7.90. The van der Waals surface area contributed by atoms with Crippen molar-refractivity contribution in [3.63, 3.8) is 0 Å². The summed E-state index contributed by atoms with van der Waals surface area (Å²) >= 11 is 0. The van der Waals surface area contributed by atoms with Gasteiger partial charge in [0.25, 0.3) is 0 Å². The highest BCUT2D eigenvalue weighted by molar-refractivity contribution is 5.89. The number of esters is 1. The Balaban J connectivity index is 3.44. The zero-order valence-electron chi connectivity index (χ0n) is 17.1. The minimum atomic E-state index is -0.388. The van der Waals surface area contributed by atoms with E-state index in [9.17, 15) is 9.59 Å². The molecule has 0 saturated carbocycles. The second kappa shape index (κ2) is 15.2. The maximum Gasteiger partial charge on any atom is 0.306 e. The lowest BCUT2D eigenvalue weighted by molar-refractivity contribution is -0.154. The molecular weight excluding hydrogens is 312 g/mol. The highest BCUT2D eigenvalue weighted by atomic mass is 16.6. The molecule has 0 aliphatic carbocycles. The van der Waals surface area contributed by atoms with Gasteiger partial charge < -0.3 is 4.74 Å². The van der Waals surface area contributed by atoms with Crippen LogP contribution in [-0.4, -0.2) is 17.4 Å². The normalized spacial score (nSPS) is 11.8. The van der Waals surface area contributed by atoms with Crippen LogP contribution in [-0.2, 0) is 14.3 Å². The summed E-state index contributed by atoms with van der Waals surface area (Å²) in [6.07, 6.45) is 17.3. The van der Waals surface area contributed by atoms with Gasteiger partial charge in [-0.1, -0.05) is 57.9 Å². The van der Waals surface area contributed by atoms with Crippen LogP contribution in [0.4, 0.5) is 0 Å². The molecule has 0 radical (unpaired) electrons. The van der Waals surface area contributed by atoms with E-state index in [1.54, 1.807) is 6.08 Å². The number of carbonyl (C=O) groups excluding carboxylic acids is 2. The summed E-state index contributed by atoms with van der Waals surface area (Å²) in [5.41, 5.74) is -0.388. The lowest BCUT2D eigenvalue weighted by Crippen LogP contribution is -2.23. The Morgan fingerprint density at radius 1 is 0.800 bits per heavy atom. The number of rotatable bonds is 15. The molecule has 0 aromatic heterocycles. The second-order valence-corrected chi connectivity index (χ2v) is 7.93. The first-order valence-electron chi connectivity index (χ1n) is 10.3. The zero-order valence-corrected chi connectivity index (χ0v) is 17.1. The van der Waals surface area contributed by atoms with Gasteiger partial charge >= 0.3 is 5.97 Å². The molecule has 0 fully saturated rings. The van der Waals surface area contributed by atoms with Crippen LogP contribution in [0.1, 0.15) is 111 Å². The number of allylic oxidation sites excluding steroid dienone is 2. The molecule has 0 aliphatic rings. The largest absolute Gasteiger partial charge is 0.460 e. The average molecular weight is 353 g/mol. The van der Waals surface area contributed by atoms with E-state index < -0.39 is 0 Å². The molecule has 0 rings (SSSR count). The zero-order chi connectivity index (χ0) is 19.0. The molecule has 0 heterocycles. The molecule has 25 heavy (non-hydrogen) atoms. The fourth-order valence-electron chi connectivity index (χ4n) is 2.66. The molecule has 3 heteroatoms. The maximum atomic E-state index is 11.7. The molecular formula is C22H40O3. The highest BCUT2D eigenvalue weighted by Crippen LogP contribution is 2.12. The smallest absolute Gasteiger partial charge is 0.306 e. The van der Waals surface area contributed by atoms with E-state index in [-0.39, 0.29) is 17.4 Å². The van der Waals surface area contributed by atoms with E-state index in [0.717, 1.165) is 38.5 Å². The van der Waals surface area contributed by atoms with Crippen LogP contribution < -0.4 is 0 Å². The predicted molar refractivity (Wildman–Crippen MR) is 106 cm³/mol. The van der Waals surface area contributed by atoms with Crippen molar-refractivity contribution in [2.75, 3.05) is 0 Å². The maximum absolute atomic E-state index is 11.7. The molecule has 0 bridgehead atoms. The summed E-state index contributed by atoms with van der Waals surface area (Å²) < 4.78 is 5.28. The molecule has 0 aromatic rings. The third-order valence-corrected chi connectivity index (χ3v) is 4.00. The fraction of sp³-hybridized carbons (Fsp3) is 0.818. The van der Waals surface area contributed by atoms with Gasteiger partial charge in [0.1, 0.15) is 5.60 Å². The van der Waals surface area contributed by atoms with Crippen LogP contribution >= 0.6 is 0 Å². The van der Waals surface area contributed by atoms with Crippen LogP contribution in [0, 0.1) is 0 Å². The molecule has 0 atom stereocenters. The van der Waals surface area contributed by atoms with E-state index in [4.69, 9.17) is 4.74 Å². The third kappa shape index (κ3) is 19.1. The Kier molecular flexibility index (Phi) is 14.5. The number of hydrogen-bond donors (Lipinski definition) is 0. The first-order chi connectivity index (χ1) is 11.8. The topological polar surface area (TPSA) is 43.4 Å². The first-order valence-corrected chi connectivity index (χ1v) is 10.3. The van der Waals surface area contributed by atoms with Gasteiger partial charge in [0.15, 0.2) is 5.78 Å². The monoisotopic (exact) mass is 352 g/mol. The van der Waals surface area contributed by atoms with Gasteiger partial charge in [0.05, 0.1) is 0 Å². The summed E-state index contributed by atoms with van der Waals surface area (Å²) in [5, 5.41) is 0. The van der Waals surface area contributed by atoms with E-state index in [2.05, 4.69) is 6.92 Å². The fourth-order valence-corrected chi connectivity index (χ4v) is 2.66. The van der Waals surface area contributed by atoms with Crippen molar-refractivity contribution < 1.29 is 14.3 Å². The van der Waals surface area contributed by atoms with Crippen LogP contribution in [0.5, 0.6) is 0 Å². The number of ketones is 1. The Labute approximate surface area is 155 Å². The van der Waals surface area contributed by atoms with E-state index in [0.29, 0.717) is 12.8 Å². The number of unbranched alkanes of at least 4 members (excludes halogenated alkanes) is 9. The molecule has 3 nitrogen and oxygen atoms in total. The van der Waals surface area contributed by atoms with Crippen molar-refractivity contribution in [1.29, 1.82) is 0 Å². The van der Waals surface area contributed by atoms with Crippen molar-refractivity contribution in [3.05, 3.63) is 12.2 Å². The van der Waals surface area contributed by atoms with Gasteiger partial charge in [-0.3, -0.25) is 9.59 Å². The van der Waals surface area contributed by atoms with Crippen molar-refractivity contribution in [2.24, 2.45) is 0 Å². The van der Waals surface area contributed by atoms with Gasteiger partial charge in [-0.05, 0) is 52.5 Å². The number of ether oxygens (including phenoxy) is 1. The Morgan fingerprint density at radius 3 is 2.00 bits per heavy atom. The molecule has 0 saturated heterocycles. The average Bonchev–Trinajstić information content (AvgIpc) is 2.51. The summed E-state index contributed by atoms with van der Waals surface area (Å²) in [5.74, 6) is 0.143. The van der Waals surface area contributed by atoms with Crippen LogP contribution in [0.15, 0.2) is 12.2 Å². The lowest BCUT2D eigenvalue weighted by Gasteiger charge is -2.19. The standard InChI is InChI=1S/C22H40O3/c1-5-6-7-8-9-11-14-17-20(23)18-15-12-10-13-16-19-21(24)25-22(2,3)4/h14,17H,5-13,15-16,18-19H2,1-4H3. The molecule has 0 aromatic carbocycles. The summed E-state index contributed by atoms with van der Waals surface area (Å²) in [4.78, 5) is 23.3. The number of carbonyl (C=O) groups is 2. The summed E-state index contributed by atoms with van der Waals surface area (Å²) in [6, 6.07) is 0. The van der Waals surface area contributed by atoms with E-state index >= 15 is 0 Å². The van der Waals surface area contributed by atoms with Crippen LogP contribution in [0.2, 0.25) is 0 Å². The second-order valence-electron chi connectivity index (χ2n) is 7.93. The molecule has 146 valence electrons. The Hall–Kier alpha value is -1.12. The van der Waals surface area contributed by atoms with Crippen LogP contribution in [0.3, 0.4) is 0 Å². The minimum absolute atomic E-state index is 0.109. The first kappa shape index (κ1) is 23.9. The number of hydrogen-bond acceptors (Lipinski definition) is 3. The van der Waals surface area contributed by atoms with Crippen molar-refractivity contribution in [1.82, 2.24) is 0 Å². The van der Waals surface area contributed by atoms with Gasteiger partial charge in [0, 0.05) is 12.8 Å². The quantitative estimate of drug-likeness (QED) is 0.191. The van der Waals surface area contributed by atoms with E-state index in [1.807, 2.05) is 26.8 Å². The lowest BCUT2D eigenvalue weighted by atomic mass is 10.1. The van der Waals surface area contributed by atoms with Gasteiger partial charge in [0.2, 0.25) is 0 Å². The molecule has 0 N–H and O–H groups in total. The minimum Gasteiger partial charge on any atom is -0.460 e. The molecule has 0 aliphatic heterocycles. The van der Waals surface area contributed by atoms with Gasteiger partial charge in [-0.25, -0.2) is 0 Å². The van der Waals surface area contributed by atoms with Gasteiger partial charge in [-0.2, -0.15) is 0 Å².